The van der Waals surface area contributed by atoms with Crippen molar-refractivity contribution in [2.45, 2.75) is 0 Å². The summed E-state index contributed by atoms with van der Waals surface area (Å²) in [5, 5.41) is 8.56. The molecule has 0 unspecified atom stereocenters. The second-order valence-electron chi connectivity index (χ2n) is 3.64. The van der Waals surface area contributed by atoms with Crippen molar-refractivity contribution in [1.29, 1.82) is 0 Å². The van der Waals surface area contributed by atoms with Crippen LogP contribution in [0.15, 0.2) is 41.9 Å². The molecule has 2 rings (SSSR count). The standard InChI is InChI=1S/C13H10ClN3OS2/c14-10-4-2-1-3-9(10)5-6-11(18)16-12(19)17-13-15-7-8-20-13/h1-8H,(H2,15,16,17,18,19)/b6-5+. The number of hydrogen-bond donors (Lipinski definition) is 2. The molecule has 2 N–H and O–H groups in total. The second kappa shape index (κ2) is 7.14. The fraction of sp³-hybridized carbons (Fsp3) is 0. The summed E-state index contributed by atoms with van der Waals surface area (Å²) in [7, 11) is 0. The van der Waals surface area contributed by atoms with Crippen molar-refractivity contribution < 1.29 is 4.79 Å². The summed E-state index contributed by atoms with van der Waals surface area (Å²) >= 11 is 12.4. The second-order valence-corrected chi connectivity index (χ2v) is 5.35. The van der Waals surface area contributed by atoms with Gasteiger partial charge in [0.15, 0.2) is 10.2 Å². The number of anilines is 1. The zero-order chi connectivity index (χ0) is 14.4. The highest BCUT2D eigenvalue weighted by Gasteiger charge is 2.03. The Balaban J connectivity index is 1.89. The van der Waals surface area contributed by atoms with E-state index in [9.17, 15) is 4.79 Å². The number of aromatic nitrogens is 1. The summed E-state index contributed by atoms with van der Waals surface area (Å²) in [6.45, 7) is 0. The largest absolute Gasteiger partial charge is 0.308 e. The average molecular weight is 324 g/mol. The summed E-state index contributed by atoms with van der Waals surface area (Å²) in [6, 6.07) is 7.25. The summed E-state index contributed by atoms with van der Waals surface area (Å²) in [4.78, 5) is 15.7. The van der Waals surface area contributed by atoms with Crippen LogP contribution in [-0.2, 0) is 4.79 Å². The lowest BCUT2D eigenvalue weighted by molar-refractivity contribution is -0.115. The number of carbonyl (C=O) groups is 1. The molecule has 0 aliphatic rings. The molecule has 0 radical (unpaired) electrons. The molecular weight excluding hydrogens is 314 g/mol. The fourth-order valence-corrected chi connectivity index (χ4v) is 2.34. The summed E-state index contributed by atoms with van der Waals surface area (Å²) in [5.74, 6) is -0.334. The van der Waals surface area contributed by atoms with Crippen LogP contribution in [0, 0.1) is 0 Å². The first-order valence-corrected chi connectivity index (χ1v) is 7.26. The highest BCUT2D eigenvalue weighted by molar-refractivity contribution is 7.80. The number of hydrogen-bond acceptors (Lipinski definition) is 4. The minimum atomic E-state index is -0.334. The molecule has 0 fully saturated rings. The van der Waals surface area contributed by atoms with E-state index in [1.165, 1.54) is 17.4 Å². The van der Waals surface area contributed by atoms with Crippen molar-refractivity contribution in [2.75, 3.05) is 5.32 Å². The fourth-order valence-electron chi connectivity index (χ4n) is 1.34. The molecule has 2 aromatic rings. The van der Waals surface area contributed by atoms with Crippen LogP contribution in [0.4, 0.5) is 5.13 Å². The van der Waals surface area contributed by atoms with Gasteiger partial charge in [-0.3, -0.25) is 10.1 Å². The van der Waals surface area contributed by atoms with Crippen LogP contribution < -0.4 is 10.6 Å². The van der Waals surface area contributed by atoms with E-state index in [0.29, 0.717) is 10.2 Å². The molecule has 0 spiro atoms. The number of nitrogens with one attached hydrogen (secondary N) is 2. The van der Waals surface area contributed by atoms with Crippen LogP contribution in [0.3, 0.4) is 0 Å². The molecule has 4 nitrogen and oxygen atoms in total. The van der Waals surface area contributed by atoms with Crippen molar-refractivity contribution in [1.82, 2.24) is 10.3 Å². The highest BCUT2D eigenvalue weighted by Crippen LogP contribution is 2.16. The van der Waals surface area contributed by atoms with E-state index >= 15 is 0 Å². The van der Waals surface area contributed by atoms with Gasteiger partial charge < -0.3 is 5.32 Å². The molecule has 20 heavy (non-hydrogen) atoms. The third kappa shape index (κ3) is 4.41. The lowest BCUT2D eigenvalue weighted by atomic mass is 10.2. The Bertz CT molecular complexity index is 641. The zero-order valence-corrected chi connectivity index (χ0v) is 12.6. The van der Waals surface area contributed by atoms with E-state index in [1.54, 1.807) is 18.3 Å². The van der Waals surface area contributed by atoms with Crippen LogP contribution in [0.5, 0.6) is 0 Å². The predicted molar refractivity (Wildman–Crippen MR) is 87.0 cm³/mol. The Kier molecular flexibility index (Phi) is 5.23. The Morgan fingerprint density at radius 2 is 2.20 bits per heavy atom. The molecule has 0 saturated heterocycles. The minimum absolute atomic E-state index is 0.203. The van der Waals surface area contributed by atoms with Crippen LogP contribution in [0.25, 0.3) is 6.08 Å². The number of nitrogens with zero attached hydrogens (tertiary/aromatic N) is 1. The zero-order valence-electron chi connectivity index (χ0n) is 10.2. The number of carbonyl (C=O) groups excluding carboxylic acids is 1. The van der Waals surface area contributed by atoms with Gasteiger partial charge in [-0.2, -0.15) is 0 Å². The van der Waals surface area contributed by atoms with Gasteiger partial charge >= 0.3 is 0 Å². The van der Waals surface area contributed by atoms with Crippen LogP contribution in [0.2, 0.25) is 5.02 Å². The van der Waals surface area contributed by atoms with Crippen LogP contribution in [0.1, 0.15) is 5.56 Å². The van der Waals surface area contributed by atoms with Crippen LogP contribution in [-0.4, -0.2) is 16.0 Å². The first-order valence-electron chi connectivity index (χ1n) is 5.59. The smallest absolute Gasteiger partial charge is 0.250 e. The van der Waals surface area contributed by atoms with E-state index in [-0.39, 0.29) is 11.0 Å². The number of halogens is 1. The Morgan fingerprint density at radius 1 is 1.40 bits per heavy atom. The van der Waals surface area contributed by atoms with Gasteiger partial charge in [-0.15, -0.1) is 11.3 Å². The Hall–Kier alpha value is -1.76. The maximum absolute atomic E-state index is 11.7. The number of benzene rings is 1. The average Bonchev–Trinajstić information content (AvgIpc) is 2.90. The van der Waals surface area contributed by atoms with E-state index in [1.807, 2.05) is 23.6 Å². The van der Waals surface area contributed by atoms with E-state index in [2.05, 4.69) is 15.6 Å². The number of rotatable bonds is 3. The molecule has 1 aromatic heterocycles. The molecule has 102 valence electrons. The first-order chi connectivity index (χ1) is 9.65. The molecule has 0 saturated carbocycles. The first kappa shape index (κ1) is 14.6. The maximum atomic E-state index is 11.7. The summed E-state index contributed by atoms with van der Waals surface area (Å²) in [5.41, 5.74) is 0.767. The van der Waals surface area contributed by atoms with E-state index in [4.69, 9.17) is 23.8 Å². The van der Waals surface area contributed by atoms with Crippen molar-refractivity contribution in [2.24, 2.45) is 0 Å². The minimum Gasteiger partial charge on any atom is -0.308 e. The van der Waals surface area contributed by atoms with Gasteiger partial charge in [0.2, 0.25) is 5.91 Å². The maximum Gasteiger partial charge on any atom is 0.250 e. The third-order valence-electron chi connectivity index (χ3n) is 2.21. The molecule has 0 atom stereocenters. The van der Waals surface area contributed by atoms with Gasteiger partial charge in [-0.25, -0.2) is 4.98 Å². The van der Waals surface area contributed by atoms with Gasteiger partial charge in [0.25, 0.3) is 0 Å². The van der Waals surface area contributed by atoms with E-state index < -0.39 is 0 Å². The number of thiocarbonyl (C=S) groups is 1. The van der Waals surface area contributed by atoms with Gasteiger partial charge in [0.1, 0.15) is 0 Å². The molecule has 1 aromatic carbocycles. The van der Waals surface area contributed by atoms with E-state index in [0.717, 1.165) is 5.56 Å². The molecule has 7 heteroatoms. The van der Waals surface area contributed by atoms with Gasteiger partial charge in [0.05, 0.1) is 0 Å². The highest BCUT2D eigenvalue weighted by atomic mass is 35.5. The Labute approximate surface area is 130 Å². The molecule has 0 bridgehead atoms. The molecule has 0 aliphatic carbocycles. The monoisotopic (exact) mass is 323 g/mol. The summed E-state index contributed by atoms with van der Waals surface area (Å²) < 4.78 is 0. The number of thiazole rings is 1. The van der Waals surface area contributed by atoms with Crippen molar-refractivity contribution in [3.8, 4) is 0 Å². The van der Waals surface area contributed by atoms with Gasteiger partial charge in [0, 0.05) is 22.7 Å². The summed E-state index contributed by atoms with van der Waals surface area (Å²) in [6.07, 6.45) is 4.65. The van der Waals surface area contributed by atoms with Crippen molar-refractivity contribution >= 4 is 57.4 Å². The normalized spacial score (nSPS) is 10.4. The number of amides is 1. The van der Waals surface area contributed by atoms with Crippen LogP contribution >= 0.6 is 35.2 Å². The van der Waals surface area contributed by atoms with Gasteiger partial charge in [-0.05, 0) is 29.9 Å². The van der Waals surface area contributed by atoms with Gasteiger partial charge in [-0.1, -0.05) is 29.8 Å². The molecule has 0 aliphatic heterocycles. The SMILES string of the molecule is O=C(/C=C/c1ccccc1Cl)NC(=S)Nc1nccs1. The Morgan fingerprint density at radius 3 is 2.90 bits per heavy atom. The van der Waals surface area contributed by atoms with Crippen molar-refractivity contribution in [3.63, 3.8) is 0 Å². The predicted octanol–water partition coefficient (Wildman–Crippen LogP) is 3.32. The molecule has 1 heterocycles. The van der Waals surface area contributed by atoms with Crippen molar-refractivity contribution in [3.05, 3.63) is 52.5 Å². The topological polar surface area (TPSA) is 54.0 Å². The molecule has 1 amide bonds. The molecular formula is C13H10ClN3OS2. The lowest BCUT2D eigenvalue weighted by Gasteiger charge is -2.04. The quantitative estimate of drug-likeness (QED) is 0.672. The third-order valence-corrected chi connectivity index (χ3v) is 3.45. The lowest BCUT2D eigenvalue weighted by Crippen LogP contribution is -2.32.